The average Bonchev–Trinajstić information content (AvgIpc) is 2.36. The first kappa shape index (κ1) is 16.9. The summed E-state index contributed by atoms with van der Waals surface area (Å²) < 4.78 is 0. The van der Waals surface area contributed by atoms with Gasteiger partial charge in [0.05, 0.1) is 0 Å². The largest absolute Gasteiger partial charge is 0.294 e. The summed E-state index contributed by atoms with van der Waals surface area (Å²) in [7, 11) is 0. The van der Waals surface area contributed by atoms with Crippen molar-refractivity contribution in [3.05, 3.63) is 16.9 Å². The summed E-state index contributed by atoms with van der Waals surface area (Å²) in [6, 6.07) is 1.66. The van der Waals surface area contributed by atoms with Gasteiger partial charge in [0.15, 0.2) is 0 Å². The van der Waals surface area contributed by atoms with Gasteiger partial charge in [-0.25, -0.2) is 9.97 Å². The van der Waals surface area contributed by atoms with Crippen LogP contribution in [0.3, 0.4) is 0 Å². The van der Waals surface area contributed by atoms with Gasteiger partial charge in [-0.1, -0.05) is 57.0 Å². The van der Waals surface area contributed by atoms with Crippen LogP contribution in [0.25, 0.3) is 0 Å². The second kappa shape index (κ2) is 9.70. The Kier molecular flexibility index (Phi) is 8.19. The molecule has 1 heterocycles. The Morgan fingerprint density at radius 3 is 2.45 bits per heavy atom. The van der Waals surface area contributed by atoms with Gasteiger partial charge in [-0.3, -0.25) is 10.1 Å². The molecule has 0 aliphatic heterocycles. The van der Waals surface area contributed by atoms with Crippen LogP contribution < -0.4 is 5.32 Å². The molecule has 0 fully saturated rings. The minimum absolute atomic E-state index is 0.0415. The van der Waals surface area contributed by atoms with E-state index in [0.717, 1.165) is 18.5 Å². The molecule has 1 rings (SSSR count). The van der Waals surface area contributed by atoms with Gasteiger partial charge in [0.25, 0.3) is 0 Å². The fraction of sp³-hybridized carbons (Fsp3) is 0.667. The maximum Gasteiger partial charge on any atom is 0.231 e. The standard InChI is InChI=1S/C15H24ClN3O/c1-3-4-5-6-7-8-9-10-14(20)19-15-17-12(2)11-13(16)18-15/h11H,3-10H2,1-2H3,(H,17,18,19,20). The van der Waals surface area contributed by atoms with Crippen LogP contribution >= 0.6 is 11.6 Å². The maximum absolute atomic E-state index is 11.7. The number of hydrogen-bond donors (Lipinski definition) is 1. The SMILES string of the molecule is CCCCCCCCCC(=O)Nc1nc(C)cc(Cl)n1. The molecule has 0 aliphatic rings. The minimum atomic E-state index is -0.0415. The number of carbonyl (C=O) groups is 1. The molecule has 0 spiro atoms. The number of nitrogens with zero attached hydrogens (tertiary/aromatic N) is 2. The van der Waals surface area contributed by atoms with E-state index in [1.807, 2.05) is 6.92 Å². The minimum Gasteiger partial charge on any atom is -0.294 e. The van der Waals surface area contributed by atoms with Crippen molar-refractivity contribution in [2.75, 3.05) is 5.32 Å². The van der Waals surface area contributed by atoms with Crippen molar-refractivity contribution in [1.29, 1.82) is 0 Å². The summed E-state index contributed by atoms with van der Waals surface area (Å²) in [5, 5.41) is 3.04. The molecule has 1 amide bonds. The summed E-state index contributed by atoms with van der Waals surface area (Å²) in [6.07, 6.45) is 8.89. The highest BCUT2D eigenvalue weighted by Gasteiger charge is 2.06. The molecule has 0 radical (unpaired) electrons. The molecule has 0 atom stereocenters. The van der Waals surface area contributed by atoms with E-state index in [1.54, 1.807) is 6.07 Å². The van der Waals surface area contributed by atoms with Crippen molar-refractivity contribution in [1.82, 2.24) is 9.97 Å². The van der Waals surface area contributed by atoms with Gasteiger partial charge < -0.3 is 0 Å². The first-order chi connectivity index (χ1) is 9.61. The highest BCUT2D eigenvalue weighted by Crippen LogP contribution is 2.11. The highest BCUT2D eigenvalue weighted by molar-refractivity contribution is 6.29. The Hall–Kier alpha value is -1.16. The molecule has 5 heteroatoms. The van der Waals surface area contributed by atoms with Crippen molar-refractivity contribution in [2.24, 2.45) is 0 Å². The number of anilines is 1. The Balaban J connectivity index is 2.17. The van der Waals surface area contributed by atoms with Crippen LogP contribution in [0.4, 0.5) is 5.95 Å². The smallest absolute Gasteiger partial charge is 0.231 e. The lowest BCUT2D eigenvalue weighted by molar-refractivity contribution is -0.116. The predicted octanol–water partition coefficient (Wildman–Crippen LogP) is 4.52. The van der Waals surface area contributed by atoms with E-state index >= 15 is 0 Å². The number of aromatic nitrogens is 2. The van der Waals surface area contributed by atoms with Crippen molar-refractivity contribution in [2.45, 2.75) is 65.2 Å². The Morgan fingerprint density at radius 1 is 1.15 bits per heavy atom. The zero-order chi connectivity index (χ0) is 14.8. The second-order valence-electron chi connectivity index (χ2n) is 5.08. The van der Waals surface area contributed by atoms with E-state index in [4.69, 9.17) is 11.6 Å². The van der Waals surface area contributed by atoms with Crippen LogP contribution in [0.15, 0.2) is 6.07 Å². The van der Waals surface area contributed by atoms with Crippen LogP contribution in [0, 0.1) is 6.92 Å². The zero-order valence-corrected chi connectivity index (χ0v) is 13.2. The molecule has 0 aliphatic carbocycles. The van der Waals surface area contributed by atoms with Gasteiger partial charge in [0.2, 0.25) is 11.9 Å². The molecule has 0 aromatic carbocycles. The topological polar surface area (TPSA) is 54.9 Å². The number of halogens is 1. The number of unbranched alkanes of at least 4 members (excludes halogenated alkanes) is 6. The van der Waals surface area contributed by atoms with Crippen LogP contribution in [-0.2, 0) is 4.79 Å². The highest BCUT2D eigenvalue weighted by atomic mass is 35.5. The van der Waals surface area contributed by atoms with E-state index in [0.29, 0.717) is 17.5 Å². The van der Waals surface area contributed by atoms with E-state index in [1.165, 1.54) is 32.1 Å². The van der Waals surface area contributed by atoms with Gasteiger partial charge in [-0.2, -0.15) is 0 Å². The molecule has 1 aromatic rings. The summed E-state index contributed by atoms with van der Waals surface area (Å²) in [6.45, 7) is 4.03. The summed E-state index contributed by atoms with van der Waals surface area (Å²) in [5.41, 5.74) is 0.747. The van der Waals surface area contributed by atoms with E-state index in [2.05, 4.69) is 22.2 Å². The Bertz CT molecular complexity index is 403. The summed E-state index contributed by atoms with van der Waals surface area (Å²) >= 11 is 5.82. The Labute approximate surface area is 126 Å². The maximum atomic E-state index is 11.7. The molecular formula is C15H24ClN3O. The van der Waals surface area contributed by atoms with Crippen LogP contribution in [0.1, 0.15) is 64.0 Å². The van der Waals surface area contributed by atoms with Gasteiger partial charge >= 0.3 is 0 Å². The lowest BCUT2D eigenvalue weighted by Gasteiger charge is -2.05. The number of rotatable bonds is 9. The lowest BCUT2D eigenvalue weighted by Crippen LogP contribution is -2.14. The molecule has 0 bridgehead atoms. The van der Waals surface area contributed by atoms with Crippen molar-refractivity contribution in [3.8, 4) is 0 Å². The molecular weight excluding hydrogens is 274 g/mol. The molecule has 1 aromatic heterocycles. The van der Waals surface area contributed by atoms with Gasteiger partial charge in [0.1, 0.15) is 5.15 Å². The number of aryl methyl sites for hydroxylation is 1. The number of nitrogens with one attached hydrogen (secondary N) is 1. The fourth-order valence-corrected chi connectivity index (χ4v) is 2.25. The zero-order valence-electron chi connectivity index (χ0n) is 12.4. The number of hydrogen-bond acceptors (Lipinski definition) is 3. The first-order valence-electron chi connectivity index (χ1n) is 7.43. The number of carbonyl (C=O) groups excluding carboxylic acids is 1. The molecule has 20 heavy (non-hydrogen) atoms. The van der Waals surface area contributed by atoms with E-state index in [-0.39, 0.29) is 5.91 Å². The second-order valence-corrected chi connectivity index (χ2v) is 5.46. The molecule has 0 saturated heterocycles. The third kappa shape index (κ3) is 7.43. The normalized spacial score (nSPS) is 10.6. The fourth-order valence-electron chi connectivity index (χ4n) is 2.02. The van der Waals surface area contributed by atoms with Crippen LogP contribution in [-0.4, -0.2) is 15.9 Å². The van der Waals surface area contributed by atoms with Crippen LogP contribution in [0.2, 0.25) is 5.15 Å². The number of amides is 1. The van der Waals surface area contributed by atoms with Gasteiger partial charge in [0, 0.05) is 12.1 Å². The van der Waals surface area contributed by atoms with Gasteiger partial charge in [-0.05, 0) is 19.4 Å². The molecule has 4 nitrogen and oxygen atoms in total. The van der Waals surface area contributed by atoms with Crippen molar-refractivity contribution < 1.29 is 4.79 Å². The average molecular weight is 298 g/mol. The Morgan fingerprint density at radius 2 is 1.80 bits per heavy atom. The van der Waals surface area contributed by atoms with Crippen molar-refractivity contribution in [3.63, 3.8) is 0 Å². The third-order valence-corrected chi connectivity index (χ3v) is 3.28. The quantitative estimate of drug-likeness (QED) is 0.538. The van der Waals surface area contributed by atoms with Crippen LogP contribution in [0.5, 0.6) is 0 Å². The van der Waals surface area contributed by atoms with E-state index in [9.17, 15) is 4.79 Å². The first-order valence-corrected chi connectivity index (χ1v) is 7.80. The molecule has 112 valence electrons. The molecule has 0 saturated carbocycles. The summed E-state index contributed by atoms with van der Waals surface area (Å²) in [4.78, 5) is 19.8. The predicted molar refractivity (Wildman–Crippen MR) is 83.0 cm³/mol. The van der Waals surface area contributed by atoms with Gasteiger partial charge in [-0.15, -0.1) is 0 Å². The lowest BCUT2D eigenvalue weighted by atomic mass is 10.1. The monoisotopic (exact) mass is 297 g/mol. The summed E-state index contributed by atoms with van der Waals surface area (Å²) in [5.74, 6) is 0.253. The molecule has 1 N–H and O–H groups in total. The van der Waals surface area contributed by atoms with Crippen molar-refractivity contribution >= 4 is 23.5 Å². The third-order valence-electron chi connectivity index (χ3n) is 3.08. The molecule has 0 unspecified atom stereocenters. The van der Waals surface area contributed by atoms with E-state index < -0.39 is 0 Å².